The van der Waals surface area contributed by atoms with Crippen molar-refractivity contribution in [1.82, 2.24) is 19.2 Å². The van der Waals surface area contributed by atoms with Crippen molar-refractivity contribution in [2.45, 2.75) is 57.3 Å². The summed E-state index contributed by atoms with van der Waals surface area (Å²) in [6.07, 6.45) is 5.09. The number of hydrogen-bond donors (Lipinski definition) is 0. The molecule has 2 aromatic heterocycles. The Balaban J connectivity index is 1.46. The van der Waals surface area contributed by atoms with Crippen molar-refractivity contribution in [3.8, 4) is 0 Å². The molecule has 1 saturated carbocycles. The minimum atomic E-state index is 0.00684. The zero-order valence-electron chi connectivity index (χ0n) is 13.4. The Bertz CT molecular complexity index is 833. The van der Waals surface area contributed by atoms with E-state index in [0.717, 1.165) is 30.8 Å². The van der Waals surface area contributed by atoms with Crippen molar-refractivity contribution in [2.24, 2.45) is 5.92 Å². The van der Waals surface area contributed by atoms with Crippen LogP contribution in [0.15, 0.2) is 21.6 Å². The Labute approximate surface area is 143 Å². The lowest BCUT2D eigenvalue weighted by Crippen LogP contribution is -2.42. The van der Waals surface area contributed by atoms with Crippen molar-refractivity contribution in [1.29, 1.82) is 0 Å². The molecule has 1 aliphatic carbocycles. The first-order chi connectivity index (χ1) is 11.7. The molecule has 0 spiro atoms. The van der Waals surface area contributed by atoms with Gasteiger partial charge in [-0.2, -0.15) is 16.4 Å². The Hall–Kier alpha value is -1.89. The molecule has 2 bridgehead atoms. The van der Waals surface area contributed by atoms with Crippen molar-refractivity contribution >= 4 is 17.2 Å². The molecule has 7 heteroatoms. The van der Waals surface area contributed by atoms with Gasteiger partial charge in [-0.15, -0.1) is 0 Å². The Kier molecular flexibility index (Phi) is 3.20. The zero-order chi connectivity index (χ0) is 16.3. The van der Waals surface area contributed by atoms with E-state index in [1.54, 1.807) is 16.0 Å². The quantitative estimate of drug-likeness (QED) is 0.852. The minimum Gasteiger partial charge on any atom is -0.330 e. The maximum Gasteiger partial charge on any atom is 0.345 e. The second-order valence-corrected chi connectivity index (χ2v) is 8.03. The van der Waals surface area contributed by atoms with E-state index < -0.39 is 0 Å². The van der Waals surface area contributed by atoms with E-state index >= 15 is 0 Å². The van der Waals surface area contributed by atoms with Crippen LogP contribution in [0.3, 0.4) is 0 Å². The van der Waals surface area contributed by atoms with E-state index in [-0.39, 0.29) is 23.7 Å². The maximum absolute atomic E-state index is 12.9. The van der Waals surface area contributed by atoms with E-state index in [1.807, 2.05) is 26.3 Å². The van der Waals surface area contributed by atoms with Gasteiger partial charge in [0, 0.05) is 30.9 Å². The lowest BCUT2D eigenvalue weighted by Gasteiger charge is -2.27. The van der Waals surface area contributed by atoms with Gasteiger partial charge in [0.15, 0.2) is 0 Å². The van der Waals surface area contributed by atoms with E-state index in [9.17, 15) is 9.59 Å². The molecule has 2 atom stereocenters. The van der Waals surface area contributed by atoms with Gasteiger partial charge in [0.1, 0.15) is 5.82 Å². The largest absolute Gasteiger partial charge is 0.345 e. The summed E-state index contributed by atoms with van der Waals surface area (Å²) in [5, 5.41) is 8.45. The maximum atomic E-state index is 12.9. The zero-order valence-corrected chi connectivity index (χ0v) is 14.2. The van der Waals surface area contributed by atoms with Crippen LogP contribution in [-0.4, -0.2) is 37.2 Å². The van der Waals surface area contributed by atoms with Gasteiger partial charge in [-0.05, 0) is 43.0 Å². The van der Waals surface area contributed by atoms with Gasteiger partial charge in [-0.25, -0.2) is 9.48 Å². The monoisotopic (exact) mass is 344 g/mol. The normalized spacial score (nSPS) is 25.6. The summed E-state index contributed by atoms with van der Waals surface area (Å²) in [5.74, 6) is 1.60. The van der Waals surface area contributed by atoms with Gasteiger partial charge in [0.25, 0.3) is 5.91 Å². The minimum absolute atomic E-state index is 0.00684. The second kappa shape index (κ2) is 5.31. The fourth-order valence-corrected chi connectivity index (χ4v) is 4.74. The number of carbonyl (C=O) groups excluding carboxylic acids is 1. The fourth-order valence-electron chi connectivity index (χ4n) is 4.11. The third-order valence-corrected chi connectivity index (χ3v) is 6.24. The first-order valence-electron chi connectivity index (χ1n) is 8.72. The summed E-state index contributed by atoms with van der Waals surface area (Å²) >= 11 is 1.55. The molecule has 1 saturated heterocycles. The highest BCUT2D eigenvalue weighted by atomic mass is 32.1. The van der Waals surface area contributed by atoms with E-state index in [4.69, 9.17) is 0 Å². The highest BCUT2D eigenvalue weighted by molar-refractivity contribution is 7.08. The predicted octanol–water partition coefficient (Wildman–Crippen LogP) is 1.75. The van der Waals surface area contributed by atoms with Crippen LogP contribution in [0.2, 0.25) is 0 Å². The molecule has 0 aromatic carbocycles. The van der Waals surface area contributed by atoms with E-state index in [0.29, 0.717) is 18.9 Å². The molecule has 0 N–H and O–H groups in total. The fraction of sp³-hybridized carbons (Fsp3) is 0.588. The van der Waals surface area contributed by atoms with Crippen molar-refractivity contribution in [3.63, 3.8) is 0 Å². The average Bonchev–Trinajstić information content (AvgIpc) is 2.99. The highest BCUT2D eigenvalue weighted by Crippen LogP contribution is 2.33. The number of carbonyl (C=O) groups is 1. The van der Waals surface area contributed by atoms with Crippen molar-refractivity contribution < 1.29 is 4.79 Å². The van der Waals surface area contributed by atoms with Crippen LogP contribution < -0.4 is 5.69 Å². The summed E-state index contributed by atoms with van der Waals surface area (Å²) in [7, 11) is 0. The molecule has 6 nitrogen and oxygen atoms in total. The first kappa shape index (κ1) is 14.5. The van der Waals surface area contributed by atoms with Gasteiger partial charge in [0.05, 0.1) is 11.6 Å². The molecule has 3 aliphatic rings. The Morgan fingerprint density at radius 1 is 1.25 bits per heavy atom. The van der Waals surface area contributed by atoms with Crippen molar-refractivity contribution in [3.05, 3.63) is 38.7 Å². The molecule has 126 valence electrons. The van der Waals surface area contributed by atoms with Crippen LogP contribution in [0, 0.1) is 5.92 Å². The average molecular weight is 344 g/mol. The number of rotatable bonds is 3. The molecule has 1 amide bonds. The van der Waals surface area contributed by atoms with Gasteiger partial charge in [-0.3, -0.25) is 9.36 Å². The van der Waals surface area contributed by atoms with Gasteiger partial charge < -0.3 is 4.90 Å². The summed E-state index contributed by atoms with van der Waals surface area (Å²) < 4.78 is 3.48. The number of amides is 1. The highest BCUT2D eigenvalue weighted by Gasteiger charge is 2.41. The summed E-state index contributed by atoms with van der Waals surface area (Å²) in [4.78, 5) is 27.6. The van der Waals surface area contributed by atoms with E-state index in [2.05, 4.69) is 5.10 Å². The smallest absolute Gasteiger partial charge is 0.330 e. The third-order valence-electron chi connectivity index (χ3n) is 5.56. The molecule has 2 aromatic rings. The SMILES string of the molecule is O=C(c1ccsc1)N1C2CCC1Cn1c(nn(CC3CC3)c1=O)C2. The molecule has 4 heterocycles. The van der Waals surface area contributed by atoms with Crippen molar-refractivity contribution in [2.75, 3.05) is 0 Å². The summed E-state index contributed by atoms with van der Waals surface area (Å²) in [6, 6.07) is 2.16. The van der Waals surface area contributed by atoms with Crippen LogP contribution in [0.1, 0.15) is 41.9 Å². The van der Waals surface area contributed by atoms with Crippen LogP contribution >= 0.6 is 11.3 Å². The van der Waals surface area contributed by atoms with Gasteiger partial charge >= 0.3 is 5.69 Å². The molecular weight excluding hydrogens is 324 g/mol. The summed E-state index contributed by atoms with van der Waals surface area (Å²) in [5.41, 5.74) is 0.773. The molecule has 0 radical (unpaired) electrons. The van der Waals surface area contributed by atoms with Gasteiger partial charge in [0.2, 0.25) is 0 Å². The van der Waals surface area contributed by atoms with E-state index in [1.165, 1.54) is 12.8 Å². The Morgan fingerprint density at radius 2 is 2.08 bits per heavy atom. The third kappa shape index (κ3) is 2.25. The van der Waals surface area contributed by atoms with Crippen LogP contribution in [0.25, 0.3) is 0 Å². The number of fused-ring (bicyclic) bond motifs is 3. The lowest BCUT2D eigenvalue weighted by molar-refractivity contribution is 0.0665. The topological polar surface area (TPSA) is 60.1 Å². The molecular formula is C17H20N4O2S. The molecule has 2 aliphatic heterocycles. The number of nitrogens with zero attached hydrogens (tertiary/aromatic N) is 4. The number of aromatic nitrogens is 3. The summed E-state index contributed by atoms with van der Waals surface area (Å²) in [6.45, 7) is 1.34. The standard InChI is InChI=1S/C17H20N4O2S/c22-16(12-5-6-24-10-12)21-13-3-4-14(21)9-19-15(7-13)18-20(17(19)23)8-11-1-2-11/h5-6,10-11,13-14H,1-4,7-9H2. The number of thiophene rings is 1. The second-order valence-electron chi connectivity index (χ2n) is 7.25. The van der Waals surface area contributed by atoms with Gasteiger partial charge in [-0.1, -0.05) is 0 Å². The van der Waals surface area contributed by atoms with Crippen LogP contribution in [0.5, 0.6) is 0 Å². The Morgan fingerprint density at radius 3 is 2.83 bits per heavy atom. The number of hydrogen-bond acceptors (Lipinski definition) is 4. The molecule has 2 fully saturated rings. The van der Waals surface area contributed by atoms with Crippen LogP contribution in [-0.2, 0) is 19.5 Å². The molecule has 2 unspecified atom stereocenters. The first-order valence-corrected chi connectivity index (χ1v) is 9.66. The molecule has 5 rings (SSSR count). The molecule has 24 heavy (non-hydrogen) atoms. The lowest BCUT2D eigenvalue weighted by atomic mass is 10.1. The predicted molar refractivity (Wildman–Crippen MR) is 90.2 cm³/mol. The van der Waals surface area contributed by atoms with Crippen LogP contribution in [0.4, 0.5) is 0 Å².